The van der Waals surface area contributed by atoms with Gasteiger partial charge in [-0.2, -0.15) is 11.3 Å². The van der Waals surface area contributed by atoms with Crippen LogP contribution in [0.4, 0.5) is 5.82 Å². The van der Waals surface area contributed by atoms with Gasteiger partial charge in [-0.15, -0.1) is 0 Å². The van der Waals surface area contributed by atoms with Crippen LogP contribution in [-0.2, 0) is 6.54 Å². The maximum atomic E-state index is 10.4. The number of fused-ring (bicyclic) bond motifs is 1. The summed E-state index contributed by atoms with van der Waals surface area (Å²) in [6.07, 6.45) is 3.06. The van der Waals surface area contributed by atoms with Crippen LogP contribution in [-0.4, -0.2) is 57.2 Å². The predicted molar refractivity (Wildman–Crippen MR) is 91.7 cm³/mol. The third kappa shape index (κ3) is 3.08. The lowest BCUT2D eigenvalue weighted by Gasteiger charge is -2.23. The van der Waals surface area contributed by atoms with Gasteiger partial charge in [-0.05, 0) is 28.5 Å². The van der Waals surface area contributed by atoms with E-state index >= 15 is 0 Å². The van der Waals surface area contributed by atoms with Gasteiger partial charge in [-0.3, -0.25) is 4.90 Å². The summed E-state index contributed by atoms with van der Waals surface area (Å²) in [6, 6.07) is 4.14. The number of anilines is 1. The predicted octanol–water partition coefficient (Wildman–Crippen LogP) is 1.70. The minimum absolute atomic E-state index is 0.389. The monoisotopic (exact) mass is 329 g/mol. The molecule has 0 saturated carbocycles. The van der Waals surface area contributed by atoms with Gasteiger partial charge in [0.05, 0.1) is 11.5 Å². The van der Waals surface area contributed by atoms with E-state index in [0.717, 1.165) is 36.5 Å². The Balaban J connectivity index is 1.54. The fourth-order valence-electron chi connectivity index (χ4n) is 3.14. The quantitative estimate of drug-likeness (QED) is 0.765. The minimum Gasteiger partial charge on any atom is -0.390 e. The molecule has 0 bridgehead atoms. The number of thiophene rings is 1. The molecule has 1 aliphatic rings. The normalized spacial score (nSPS) is 20.0. The third-order valence-electron chi connectivity index (χ3n) is 4.20. The third-order valence-corrected chi connectivity index (χ3v) is 4.94. The number of aromatic nitrogens is 3. The molecule has 7 heteroatoms. The van der Waals surface area contributed by atoms with E-state index in [1.165, 1.54) is 5.56 Å². The molecule has 120 valence electrons. The molecule has 2 N–H and O–H groups in total. The van der Waals surface area contributed by atoms with Gasteiger partial charge >= 0.3 is 0 Å². The Labute approximate surface area is 138 Å². The van der Waals surface area contributed by atoms with Crippen molar-refractivity contribution in [1.29, 1.82) is 0 Å². The van der Waals surface area contributed by atoms with Crippen LogP contribution in [0.3, 0.4) is 0 Å². The summed E-state index contributed by atoms with van der Waals surface area (Å²) in [6.45, 7) is 3.92. The SMILES string of the molecule is O[C@@H]1CN(Cc2ccsc2)CCN(c2ncnc3[nH]ccc23)C1. The number of H-pyrrole nitrogens is 1. The van der Waals surface area contributed by atoms with Crippen LogP contribution in [0.15, 0.2) is 35.4 Å². The van der Waals surface area contributed by atoms with Gasteiger partial charge in [0.25, 0.3) is 0 Å². The highest BCUT2D eigenvalue weighted by molar-refractivity contribution is 7.07. The first-order chi connectivity index (χ1) is 11.3. The Morgan fingerprint density at radius 2 is 2.22 bits per heavy atom. The van der Waals surface area contributed by atoms with Crippen molar-refractivity contribution in [3.8, 4) is 0 Å². The Hall–Kier alpha value is -1.96. The largest absolute Gasteiger partial charge is 0.390 e. The molecular formula is C16H19N5OS. The number of aromatic amines is 1. The number of aliphatic hydroxyl groups is 1. The van der Waals surface area contributed by atoms with Crippen LogP contribution in [0.25, 0.3) is 11.0 Å². The zero-order chi connectivity index (χ0) is 15.6. The molecule has 0 radical (unpaired) electrons. The summed E-state index contributed by atoms with van der Waals surface area (Å²) < 4.78 is 0. The average molecular weight is 329 g/mol. The van der Waals surface area contributed by atoms with Crippen molar-refractivity contribution >= 4 is 28.2 Å². The van der Waals surface area contributed by atoms with Crippen LogP contribution < -0.4 is 4.90 Å². The molecule has 4 heterocycles. The molecule has 1 saturated heterocycles. The van der Waals surface area contributed by atoms with Gasteiger partial charge in [0.15, 0.2) is 0 Å². The fraction of sp³-hybridized carbons (Fsp3) is 0.375. The topological polar surface area (TPSA) is 68.3 Å². The number of hydrogen-bond donors (Lipinski definition) is 2. The van der Waals surface area contributed by atoms with Crippen molar-refractivity contribution in [2.45, 2.75) is 12.6 Å². The van der Waals surface area contributed by atoms with Crippen molar-refractivity contribution < 1.29 is 5.11 Å². The molecule has 0 aliphatic carbocycles. The minimum atomic E-state index is -0.389. The number of hydrogen-bond acceptors (Lipinski definition) is 6. The highest BCUT2D eigenvalue weighted by Gasteiger charge is 2.23. The molecule has 3 aromatic rings. The lowest BCUT2D eigenvalue weighted by molar-refractivity contribution is 0.129. The highest BCUT2D eigenvalue weighted by Crippen LogP contribution is 2.23. The number of aliphatic hydroxyl groups excluding tert-OH is 1. The van der Waals surface area contributed by atoms with E-state index < -0.39 is 0 Å². The van der Waals surface area contributed by atoms with E-state index in [0.29, 0.717) is 13.1 Å². The fourth-order valence-corrected chi connectivity index (χ4v) is 3.80. The summed E-state index contributed by atoms with van der Waals surface area (Å²) in [5.41, 5.74) is 2.15. The first kappa shape index (κ1) is 14.6. The van der Waals surface area contributed by atoms with E-state index in [4.69, 9.17) is 0 Å². The van der Waals surface area contributed by atoms with E-state index in [1.807, 2.05) is 12.3 Å². The second-order valence-corrected chi connectivity index (χ2v) is 6.68. The molecule has 3 aromatic heterocycles. The van der Waals surface area contributed by atoms with Crippen LogP contribution in [0.5, 0.6) is 0 Å². The average Bonchev–Trinajstić information content (AvgIpc) is 3.18. The summed E-state index contributed by atoms with van der Waals surface area (Å²) in [5.74, 6) is 0.896. The molecule has 1 atom stereocenters. The zero-order valence-electron chi connectivity index (χ0n) is 12.7. The van der Waals surface area contributed by atoms with E-state index in [2.05, 4.69) is 41.6 Å². The Morgan fingerprint density at radius 1 is 1.26 bits per heavy atom. The molecule has 6 nitrogen and oxygen atoms in total. The van der Waals surface area contributed by atoms with Crippen molar-refractivity contribution in [3.05, 3.63) is 41.0 Å². The lowest BCUT2D eigenvalue weighted by atomic mass is 10.2. The highest BCUT2D eigenvalue weighted by atomic mass is 32.1. The van der Waals surface area contributed by atoms with E-state index in [-0.39, 0.29) is 6.10 Å². The van der Waals surface area contributed by atoms with Gasteiger partial charge in [0, 0.05) is 38.9 Å². The van der Waals surface area contributed by atoms with Crippen molar-refractivity contribution in [2.24, 2.45) is 0 Å². The molecule has 0 unspecified atom stereocenters. The van der Waals surface area contributed by atoms with Crippen LogP contribution in [0, 0.1) is 0 Å². The van der Waals surface area contributed by atoms with Gasteiger partial charge < -0.3 is 15.0 Å². The van der Waals surface area contributed by atoms with Crippen molar-refractivity contribution in [2.75, 3.05) is 31.1 Å². The van der Waals surface area contributed by atoms with Gasteiger partial charge in [-0.25, -0.2) is 9.97 Å². The smallest absolute Gasteiger partial charge is 0.142 e. The summed E-state index contributed by atoms with van der Waals surface area (Å²) in [4.78, 5) is 16.3. The number of β-amino-alcohol motifs (C(OH)–C–C–N with tert-alkyl or cyclic N) is 1. The van der Waals surface area contributed by atoms with Crippen molar-refractivity contribution in [1.82, 2.24) is 19.9 Å². The second kappa shape index (κ2) is 6.27. The van der Waals surface area contributed by atoms with E-state index in [9.17, 15) is 5.11 Å². The molecule has 23 heavy (non-hydrogen) atoms. The summed E-state index contributed by atoms with van der Waals surface area (Å²) in [5, 5.41) is 15.7. The maximum absolute atomic E-state index is 10.4. The van der Waals surface area contributed by atoms with Crippen LogP contribution in [0.1, 0.15) is 5.56 Å². The van der Waals surface area contributed by atoms with Gasteiger partial charge in [0.2, 0.25) is 0 Å². The standard InChI is InChI=1S/C16H19N5OS/c22-13-8-20(7-12-2-6-23-10-12)4-5-21(9-13)16-14-1-3-17-15(14)18-11-19-16/h1-3,6,10-11,13,22H,4-5,7-9H2,(H,17,18,19)/t13-/m1/s1. The number of rotatable bonds is 3. The summed E-state index contributed by atoms with van der Waals surface area (Å²) >= 11 is 1.71. The maximum Gasteiger partial charge on any atom is 0.142 e. The Bertz CT molecular complexity index is 772. The molecule has 0 amide bonds. The Morgan fingerprint density at radius 3 is 3.09 bits per heavy atom. The number of nitrogens with one attached hydrogen (secondary N) is 1. The van der Waals surface area contributed by atoms with E-state index in [1.54, 1.807) is 17.7 Å². The van der Waals surface area contributed by atoms with Gasteiger partial charge in [0.1, 0.15) is 17.8 Å². The lowest BCUT2D eigenvalue weighted by Crippen LogP contribution is -2.33. The molecule has 0 aromatic carbocycles. The molecule has 1 aliphatic heterocycles. The second-order valence-electron chi connectivity index (χ2n) is 5.90. The number of nitrogens with zero attached hydrogens (tertiary/aromatic N) is 4. The molecular weight excluding hydrogens is 310 g/mol. The molecule has 4 rings (SSSR count). The van der Waals surface area contributed by atoms with Crippen molar-refractivity contribution in [3.63, 3.8) is 0 Å². The first-order valence-electron chi connectivity index (χ1n) is 7.74. The van der Waals surface area contributed by atoms with Gasteiger partial charge in [-0.1, -0.05) is 0 Å². The zero-order valence-corrected chi connectivity index (χ0v) is 13.5. The van der Waals surface area contributed by atoms with Crippen LogP contribution >= 0.6 is 11.3 Å². The molecule has 1 fully saturated rings. The first-order valence-corrected chi connectivity index (χ1v) is 8.68. The summed E-state index contributed by atoms with van der Waals surface area (Å²) in [7, 11) is 0. The van der Waals surface area contributed by atoms with Crippen LogP contribution in [0.2, 0.25) is 0 Å². The molecule has 0 spiro atoms. The Kier molecular flexibility index (Phi) is 3.99.